The summed E-state index contributed by atoms with van der Waals surface area (Å²) < 4.78 is 33.4. The SMILES string of the molecule is CC.CC1C=C(c2cnn(C3COC3)c2)CN(C=O)C1.CCN1Cc2c(ccc(F)c2F)NC1=O. The lowest BCUT2D eigenvalue weighted by molar-refractivity contribution is -0.118. The van der Waals surface area contributed by atoms with Crippen LogP contribution in [0.15, 0.2) is 30.6 Å². The van der Waals surface area contributed by atoms with Crippen LogP contribution in [0.5, 0.6) is 0 Å². The van der Waals surface area contributed by atoms with Gasteiger partial charge < -0.3 is 19.9 Å². The maximum atomic E-state index is 13.4. The molecular formula is C25H33F2N5O3. The average molecular weight is 490 g/mol. The van der Waals surface area contributed by atoms with Crippen LogP contribution < -0.4 is 5.32 Å². The first-order chi connectivity index (χ1) is 16.9. The first kappa shape index (κ1) is 26.3. The van der Waals surface area contributed by atoms with E-state index in [1.807, 2.05) is 29.6 Å². The number of carbonyl (C=O) groups is 2. The summed E-state index contributed by atoms with van der Waals surface area (Å²) in [5, 5.41) is 6.89. The number of amides is 3. The van der Waals surface area contributed by atoms with Crippen LogP contribution >= 0.6 is 0 Å². The van der Waals surface area contributed by atoms with Crippen molar-refractivity contribution >= 4 is 23.7 Å². The van der Waals surface area contributed by atoms with E-state index in [0.717, 1.165) is 37.8 Å². The Balaban J connectivity index is 0.000000186. The summed E-state index contributed by atoms with van der Waals surface area (Å²) in [5.74, 6) is -1.37. The number of hydrogen-bond acceptors (Lipinski definition) is 4. The number of halogens is 2. The fourth-order valence-electron chi connectivity index (χ4n) is 4.03. The minimum atomic E-state index is -0.888. The van der Waals surface area contributed by atoms with Crippen molar-refractivity contribution in [1.29, 1.82) is 0 Å². The molecule has 0 bridgehead atoms. The monoisotopic (exact) mass is 489 g/mol. The van der Waals surface area contributed by atoms with Gasteiger partial charge in [-0.2, -0.15) is 5.10 Å². The molecule has 1 unspecified atom stereocenters. The maximum Gasteiger partial charge on any atom is 0.322 e. The Bertz CT molecular complexity index is 1070. The highest BCUT2D eigenvalue weighted by Crippen LogP contribution is 2.27. The Kier molecular flexibility index (Phi) is 8.97. The second-order valence-corrected chi connectivity index (χ2v) is 8.44. The van der Waals surface area contributed by atoms with Gasteiger partial charge >= 0.3 is 6.03 Å². The number of carbonyl (C=O) groups excluding carboxylic acids is 2. The second-order valence-electron chi connectivity index (χ2n) is 8.44. The van der Waals surface area contributed by atoms with Crippen LogP contribution in [0.4, 0.5) is 19.3 Å². The summed E-state index contributed by atoms with van der Waals surface area (Å²) in [7, 11) is 0. The Morgan fingerprint density at radius 1 is 1.23 bits per heavy atom. The van der Waals surface area contributed by atoms with Gasteiger partial charge in [-0.1, -0.05) is 26.8 Å². The van der Waals surface area contributed by atoms with Gasteiger partial charge in [0, 0.05) is 37.0 Å². The van der Waals surface area contributed by atoms with E-state index in [2.05, 4.69) is 29.6 Å². The number of fused-ring (bicyclic) bond motifs is 1. The van der Waals surface area contributed by atoms with Crippen molar-refractivity contribution in [3.63, 3.8) is 0 Å². The highest BCUT2D eigenvalue weighted by Gasteiger charge is 2.25. The zero-order chi connectivity index (χ0) is 25.5. The first-order valence-corrected chi connectivity index (χ1v) is 11.9. The topological polar surface area (TPSA) is 79.7 Å². The molecule has 3 aliphatic rings. The molecule has 0 aliphatic carbocycles. The molecule has 10 heteroatoms. The molecule has 35 heavy (non-hydrogen) atoms. The van der Waals surface area contributed by atoms with Crippen LogP contribution in [0.25, 0.3) is 5.57 Å². The van der Waals surface area contributed by atoms with Crippen LogP contribution in [0.3, 0.4) is 0 Å². The van der Waals surface area contributed by atoms with E-state index >= 15 is 0 Å². The van der Waals surface area contributed by atoms with E-state index in [1.54, 1.807) is 6.92 Å². The molecule has 0 saturated carbocycles. The minimum absolute atomic E-state index is 0.112. The van der Waals surface area contributed by atoms with Crippen molar-refractivity contribution in [3.05, 3.63) is 53.4 Å². The van der Waals surface area contributed by atoms with E-state index in [9.17, 15) is 18.4 Å². The zero-order valence-electron chi connectivity index (χ0n) is 20.6. The van der Waals surface area contributed by atoms with Gasteiger partial charge in [-0.3, -0.25) is 9.48 Å². The van der Waals surface area contributed by atoms with E-state index < -0.39 is 11.6 Å². The summed E-state index contributed by atoms with van der Waals surface area (Å²) in [6, 6.07) is 2.48. The third-order valence-corrected chi connectivity index (χ3v) is 5.95. The van der Waals surface area contributed by atoms with Crippen LogP contribution in [0, 0.1) is 17.6 Å². The fraction of sp³-hybridized carbons (Fsp3) is 0.480. The van der Waals surface area contributed by atoms with Gasteiger partial charge in [0.1, 0.15) is 0 Å². The van der Waals surface area contributed by atoms with E-state index in [4.69, 9.17) is 4.74 Å². The molecule has 1 aromatic heterocycles. The highest BCUT2D eigenvalue weighted by atomic mass is 19.2. The lowest BCUT2D eigenvalue weighted by atomic mass is 9.98. The molecule has 0 spiro atoms. The Hall–Kier alpha value is -3.27. The molecule has 8 nitrogen and oxygen atoms in total. The van der Waals surface area contributed by atoms with Crippen molar-refractivity contribution in [1.82, 2.24) is 19.6 Å². The van der Waals surface area contributed by atoms with Gasteiger partial charge in [-0.15, -0.1) is 0 Å². The number of benzene rings is 1. The molecule has 1 aromatic carbocycles. The number of anilines is 1. The molecule has 1 saturated heterocycles. The van der Waals surface area contributed by atoms with Gasteiger partial charge in [0.2, 0.25) is 6.41 Å². The number of hydrogen-bond donors (Lipinski definition) is 1. The number of aromatic nitrogens is 2. The molecule has 3 aliphatic heterocycles. The van der Waals surface area contributed by atoms with Crippen LogP contribution in [0.2, 0.25) is 0 Å². The third kappa shape index (κ3) is 6.05. The van der Waals surface area contributed by atoms with Crippen LogP contribution in [-0.4, -0.2) is 64.9 Å². The Labute approximate surface area is 204 Å². The minimum Gasteiger partial charge on any atom is -0.377 e. The van der Waals surface area contributed by atoms with Crippen molar-refractivity contribution < 1.29 is 23.1 Å². The van der Waals surface area contributed by atoms with Gasteiger partial charge in [0.15, 0.2) is 11.6 Å². The molecule has 5 rings (SSSR count). The van der Waals surface area contributed by atoms with Gasteiger partial charge in [0.05, 0.1) is 37.7 Å². The molecule has 2 aromatic rings. The molecule has 1 fully saturated rings. The highest BCUT2D eigenvalue weighted by molar-refractivity contribution is 5.92. The first-order valence-electron chi connectivity index (χ1n) is 11.9. The van der Waals surface area contributed by atoms with E-state index in [-0.39, 0.29) is 18.1 Å². The molecule has 3 amide bonds. The maximum absolute atomic E-state index is 13.4. The van der Waals surface area contributed by atoms with Gasteiger partial charge in [-0.25, -0.2) is 13.6 Å². The predicted octanol–water partition coefficient (Wildman–Crippen LogP) is 4.30. The lowest BCUT2D eigenvalue weighted by Crippen LogP contribution is -2.38. The number of ether oxygens (including phenoxy) is 1. The number of rotatable bonds is 4. The predicted molar refractivity (Wildman–Crippen MR) is 130 cm³/mol. The zero-order valence-corrected chi connectivity index (χ0v) is 20.6. The van der Waals surface area contributed by atoms with Crippen molar-refractivity contribution in [2.45, 2.75) is 40.3 Å². The van der Waals surface area contributed by atoms with Crippen molar-refractivity contribution in [2.24, 2.45) is 5.92 Å². The largest absolute Gasteiger partial charge is 0.377 e. The summed E-state index contributed by atoms with van der Waals surface area (Å²) >= 11 is 0. The van der Waals surface area contributed by atoms with Gasteiger partial charge in [0.25, 0.3) is 0 Å². The standard InChI is InChI=1S/C13H17N3O2.C10H10F2N2O.C2H6/c1-10-2-11(5-15(4-10)9-17)12-3-14-16(6-12)13-7-18-8-13;1-2-14-5-6-8(13-10(14)15)4-3-7(11)9(6)12;1-2/h2-3,6,9-10,13H,4-5,7-8H2,1H3;3-4H,2,5H2,1H3,(H,13,15);1-2H3. The van der Waals surface area contributed by atoms with Crippen molar-refractivity contribution in [2.75, 3.05) is 38.2 Å². The summed E-state index contributed by atoms with van der Waals surface area (Å²) in [6.07, 6.45) is 7.09. The van der Waals surface area contributed by atoms with E-state index in [0.29, 0.717) is 30.7 Å². The molecule has 0 radical (unpaired) electrons. The van der Waals surface area contributed by atoms with E-state index in [1.165, 1.54) is 16.5 Å². The number of urea groups is 1. The van der Waals surface area contributed by atoms with Crippen molar-refractivity contribution in [3.8, 4) is 0 Å². The average Bonchev–Trinajstić information content (AvgIpc) is 3.31. The lowest BCUT2D eigenvalue weighted by Gasteiger charge is -2.28. The quantitative estimate of drug-likeness (QED) is 0.650. The van der Waals surface area contributed by atoms with Crippen LogP contribution in [0.1, 0.15) is 44.9 Å². The molecule has 4 heterocycles. The fourth-order valence-corrected chi connectivity index (χ4v) is 4.03. The summed E-state index contributed by atoms with van der Waals surface area (Å²) in [5.41, 5.74) is 2.85. The smallest absolute Gasteiger partial charge is 0.322 e. The number of nitrogens with zero attached hydrogens (tertiary/aromatic N) is 4. The summed E-state index contributed by atoms with van der Waals surface area (Å²) in [6.45, 7) is 11.5. The number of nitrogens with one attached hydrogen (secondary N) is 1. The second kappa shape index (κ2) is 11.9. The normalized spacial score (nSPS) is 19.2. The summed E-state index contributed by atoms with van der Waals surface area (Å²) in [4.78, 5) is 25.5. The Morgan fingerprint density at radius 3 is 2.60 bits per heavy atom. The molecular weight excluding hydrogens is 456 g/mol. The molecule has 1 atom stereocenters. The molecule has 190 valence electrons. The molecule has 1 N–H and O–H groups in total. The van der Waals surface area contributed by atoms with Gasteiger partial charge in [-0.05, 0) is 30.5 Å². The Morgan fingerprint density at radius 2 is 1.97 bits per heavy atom. The third-order valence-electron chi connectivity index (χ3n) is 5.95. The van der Waals surface area contributed by atoms with Crippen LogP contribution in [-0.2, 0) is 16.1 Å².